The molecule has 2 fully saturated rings. The van der Waals surface area contributed by atoms with Crippen molar-refractivity contribution in [2.24, 2.45) is 0 Å². The third-order valence-corrected chi connectivity index (χ3v) is 4.47. The number of piperazine rings is 1. The summed E-state index contributed by atoms with van der Waals surface area (Å²) >= 11 is 0. The average Bonchev–Trinajstić information content (AvgIpc) is 2.94. The molecule has 0 aliphatic carbocycles. The van der Waals surface area contributed by atoms with Crippen LogP contribution in [0.3, 0.4) is 0 Å². The molecule has 4 rings (SSSR count). The number of aromatic nitrogens is 2. The maximum absolute atomic E-state index is 12.2. The van der Waals surface area contributed by atoms with Gasteiger partial charge in [-0.25, -0.2) is 4.98 Å². The second kappa shape index (κ2) is 4.59. The van der Waals surface area contributed by atoms with Crippen LogP contribution in [0.15, 0.2) is 35.3 Å². The minimum Gasteiger partial charge on any atom is -0.354 e. The molecule has 20 heavy (non-hydrogen) atoms. The lowest BCUT2D eigenvalue weighted by molar-refractivity contribution is 0.230. The summed E-state index contributed by atoms with van der Waals surface area (Å²) in [4.78, 5) is 21.6. The van der Waals surface area contributed by atoms with E-state index < -0.39 is 0 Å². The highest BCUT2D eigenvalue weighted by molar-refractivity contribution is 5.48. The molecule has 0 unspecified atom stereocenters. The van der Waals surface area contributed by atoms with Crippen LogP contribution >= 0.6 is 0 Å². The lowest BCUT2D eigenvalue weighted by Crippen LogP contribution is -2.50. The highest BCUT2D eigenvalue weighted by atomic mass is 16.1. The lowest BCUT2D eigenvalue weighted by atomic mass is 10.1. The van der Waals surface area contributed by atoms with Crippen LogP contribution in [0.1, 0.15) is 12.8 Å². The Labute approximate surface area is 117 Å². The van der Waals surface area contributed by atoms with Gasteiger partial charge in [-0.15, -0.1) is 0 Å². The van der Waals surface area contributed by atoms with E-state index in [1.54, 1.807) is 16.7 Å². The standard InChI is InChI=1S/C15H18N4O/c20-15-10-14(16-13-5-1-2-7-19(13)15)18-9-8-17-6-3-4-12(17)11-18/h1-2,5,7,10,12H,3-4,6,8-9,11H2/t12-/m1/s1. The van der Waals surface area contributed by atoms with E-state index in [0.717, 1.165) is 31.1 Å². The van der Waals surface area contributed by atoms with Crippen molar-refractivity contribution in [1.82, 2.24) is 14.3 Å². The van der Waals surface area contributed by atoms with Crippen LogP contribution in [-0.2, 0) is 0 Å². The fraction of sp³-hybridized carbons (Fsp3) is 0.467. The molecule has 4 heterocycles. The largest absolute Gasteiger partial charge is 0.354 e. The molecule has 0 spiro atoms. The summed E-state index contributed by atoms with van der Waals surface area (Å²) in [6.07, 6.45) is 4.33. The molecule has 2 aliphatic rings. The van der Waals surface area contributed by atoms with E-state index in [0.29, 0.717) is 6.04 Å². The molecule has 2 saturated heterocycles. The highest BCUT2D eigenvalue weighted by Gasteiger charge is 2.31. The topological polar surface area (TPSA) is 40.9 Å². The second-order valence-electron chi connectivity index (χ2n) is 5.66. The van der Waals surface area contributed by atoms with Crippen LogP contribution < -0.4 is 10.5 Å². The molecular formula is C15H18N4O. The fourth-order valence-electron chi connectivity index (χ4n) is 3.40. The van der Waals surface area contributed by atoms with Crippen LogP contribution in [0.4, 0.5) is 5.82 Å². The van der Waals surface area contributed by atoms with Gasteiger partial charge < -0.3 is 4.90 Å². The zero-order valence-electron chi connectivity index (χ0n) is 11.4. The number of nitrogens with zero attached hydrogens (tertiary/aromatic N) is 4. The summed E-state index contributed by atoms with van der Waals surface area (Å²) in [5.41, 5.74) is 0.725. The first-order valence-corrected chi connectivity index (χ1v) is 7.29. The van der Waals surface area contributed by atoms with Gasteiger partial charge in [0.05, 0.1) is 0 Å². The van der Waals surface area contributed by atoms with E-state index in [2.05, 4.69) is 14.8 Å². The Hall–Kier alpha value is -1.88. The lowest BCUT2D eigenvalue weighted by Gasteiger charge is -2.38. The molecule has 5 nitrogen and oxygen atoms in total. The van der Waals surface area contributed by atoms with Crippen LogP contribution in [0.25, 0.3) is 5.65 Å². The summed E-state index contributed by atoms with van der Waals surface area (Å²) in [6, 6.07) is 7.96. The van der Waals surface area contributed by atoms with E-state index in [-0.39, 0.29) is 5.56 Å². The molecular weight excluding hydrogens is 252 g/mol. The maximum atomic E-state index is 12.2. The molecule has 0 saturated carbocycles. The van der Waals surface area contributed by atoms with Crippen molar-refractivity contribution in [3.8, 4) is 0 Å². The highest BCUT2D eigenvalue weighted by Crippen LogP contribution is 2.24. The number of anilines is 1. The number of fused-ring (bicyclic) bond motifs is 2. The Bertz CT molecular complexity index is 696. The summed E-state index contributed by atoms with van der Waals surface area (Å²) < 4.78 is 1.59. The minimum absolute atomic E-state index is 0.000508. The molecule has 0 amide bonds. The first-order chi connectivity index (χ1) is 9.81. The second-order valence-corrected chi connectivity index (χ2v) is 5.66. The maximum Gasteiger partial charge on any atom is 0.259 e. The zero-order valence-corrected chi connectivity index (χ0v) is 11.4. The van der Waals surface area contributed by atoms with Crippen molar-refractivity contribution >= 4 is 11.5 Å². The van der Waals surface area contributed by atoms with Crippen molar-refractivity contribution in [3.63, 3.8) is 0 Å². The third kappa shape index (κ3) is 1.89. The van der Waals surface area contributed by atoms with Crippen LogP contribution in [-0.4, -0.2) is 46.5 Å². The van der Waals surface area contributed by atoms with Gasteiger partial charge in [0.25, 0.3) is 5.56 Å². The van der Waals surface area contributed by atoms with Gasteiger partial charge >= 0.3 is 0 Å². The Morgan fingerprint density at radius 1 is 1.20 bits per heavy atom. The third-order valence-electron chi connectivity index (χ3n) is 4.47. The molecule has 0 N–H and O–H groups in total. The van der Waals surface area contributed by atoms with E-state index in [1.165, 1.54) is 19.4 Å². The van der Waals surface area contributed by atoms with Gasteiger partial charge in [-0.2, -0.15) is 0 Å². The first kappa shape index (κ1) is 11.9. The molecule has 1 atom stereocenters. The zero-order chi connectivity index (χ0) is 13.5. The average molecular weight is 270 g/mol. The van der Waals surface area contributed by atoms with Gasteiger partial charge in [0.1, 0.15) is 11.5 Å². The normalized spacial score (nSPS) is 23.2. The molecule has 2 aromatic heterocycles. The van der Waals surface area contributed by atoms with E-state index in [4.69, 9.17) is 0 Å². The van der Waals surface area contributed by atoms with Crippen molar-refractivity contribution in [1.29, 1.82) is 0 Å². The van der Waals surface area contributed by atoms with Gasteiger partial charge in [-0.1, -0.05) is 6.07 Å². The SMILES string of the molecule is O=c1cc(N2CCN3CCC[C@@H]3C2)nc2ccccn12. The Kier molecular flexibility index (Phi) is 2.73. The summed E-state index contributed by atoms with van der Waals surface area (Å²) in [6.45, 7) is 4.27. The smallest absolute Gasteiger partial charge is 0.259 e. The molecule has 2 aromatic rings. The quantitative estimate of drug-likeness (QED) is 0.774. The number of pyridine rings is 1. The van der Waals surface area contributed by atoms with Crippen molar-refractivity contribution < 1.29 is 0 Å². The van der Waals surface area contributed by atoms with Crippen molar-refractivity contribution in [2.45, 2.75) is 18.9 Å². The monoisotopic (exact) mass is 270 g/mol. The summed E-state index contributed by atoms with van der Waals surface area (Å²) in [7, 11) is 0. The predicted octanol–water partition coefficient (Wildman–Crippen LogP) is 0.979. The molecule has 2 aliphatic heterocycles. The van der Waals surface area contributed by atoms with E-state index in [1.807, 2.05) is 18.2 Å². The van der Waals surface area contributed by atoms with Gasteiger partial charge in [-0.05, 0) is 31.5 Å². The van der Waals surface area contributed by atoms with Crippen molar-refractivity contribution in [3.05, 3.63) is 40.8 Å². The van der Waals surface area contributed by atoms with Gasteiger partial charge in [0.2, 0.25) is 0 Å². The number of hydrogen-bond donors (Lipinski definition) is 0. The van der Waals surface area contributed by atoms with Crippen molar-refractivity contribution in [2.75, 3.05) is 31.1 Å². The minimum atomic E-state index is -0.000508. The van der Waals surface area contributed by atoms with Gasteiger partial charge in [0, 0.05) is 37.9 Å². The Balaban J connectivity index is 1.70. The molecule has 104 valence electrons. The van der Waals surface area contributed by atoms with Crippen LogP contribution in [0.2, 0.25) is 0 Å². The van der Waals surface area contributed by atoms with Gasteiger partial charge in [0.15, 0.2) is 0 Å². The summed E-state index contributed by atoms with van der Waals surface area (Å²) in [5.74, 6) is 0.827. The van der Waals surface area contributed by atoms with Crippen LogP contribution in [0, 0.1) is 0 Å². The van der Waals surface area contributed by atoms with E-state index in [9.17, 15) is 4.79 Å². The molecule has 0 aromatic carbocycles. The van der Waals surface area contributed by atoms with Gasteiger partial charge in [-0.3, -0.25) is 14.1 Å². The molecule has 5 heteroatoms. The predicted molar refractivity (Wildman–Crippen MR) is 78.3 cm³/mol. The molecule has 0 radical (unpaired) electrons. The molecule has 0 bridgehead atoms. The first-order valence-electron chi connectivity index (χ1n) is 7.29. The Morgan fingerprint density at radius 2 is 2.15 bits per heavy atom. The van der Waals surface area contributed by atoms with Crippen LogP contribution in [0.5, 0.6) is 0 Å². The Morgan fingerprint density at radius 3 is 3.10 bits per heavy atom. The fourth-order valence-corrected chi connectivity index (χ4v) is 3.40. The van der Waals surface area contributed by atoms with E-state index >= 15 is 0 Å². The number of rotatable bonds is 1. The summed E-state index contributed by atoms with van der Waals surface area (Å²) in [5, 5.41) is 0. The number of hydrogen-bond acceptors (Lipinski definition) is 4.